The Morgan fingerprint density at radius 2 is 1.93 bits per heavy atom. The molecule has 0 bridgehead atoms. The fraction of sp³-hybridized carbons (Fsp3) is 0.158. The SMILES string of the molecule is COc1ccc([N+](=O)[O-])cc1COC(=O)COc1ccc2ccc(=O)oc2c1. The van der Waals surface area contributed by atoms with Gasteiger partial charge in [0.15, 0.2) is 6.61 Å². The smallest absolute Gasteiger partial charge is 0.344 e. The van der Waals surface area contributed by atoms with Gasteiger partial charge in [0.1, 0.15) is 23.7 Å². The summed E-state index contributed by atoms with van der Waals surface area (Å²) in [4.78, 5) is 33.5. The molecule has 0 fully saturated rings. The molecule has 0 spiro atoms. The number of benzene rings is 2. The Labute approximate surface area is 158 Å². The number of fused-ring (bicyclic) bond motifs is 1. The van der Waals surface area contributed by atoms with Gasteiger partial charge in [0.05, 0.1) is 12.0 Å². The first-order chi connectivity index (χ1) is 13.5. The van der Waals surface area contributed by atoms with Gasteiger partial charge < -0.3 is 18.6 Å². The molecule has 0 aliphatic rings. The van der Waals surface area contributed by atoms with Gasteiger partial charge in [-0.15, -0.1) is 0 Å². The zero-order valence-electron chi connectivity index (χ0n) is 14.7. The lowest BCUT2D eigenvalue weighted by Gasteiger charge is -2.10. The van der Waals surface area contributed by atoms with Crippen molar-refractivity contribution in [2.45, 2.75) is 6.61 Å². The lowest BCUT2D eigenvalue weighted by molar-refractivity contribution is -0.385. The third-order valence-electron chi connectivity index (χ3n) is 3.81. The van der Waals surface area contributed by atoms with E-state index in [1.54, 1.807) is 18.2 Å². The number of rotatable bonds is 7. The van der Waals surface area contributed by atoms with Crippen LogP contribution in [0.3, 0.4) is 0 Å². The Bertz CT molecular complexity index is 1090. The highest BCUT2D eigenvalue weighted by atomic mass is 16.6. The van der Waals surface area contributed by atoms with Crippen LogP contribution in [0.15, 0.2) is 57.7 Å². The number of non-ortho nitro benzene ring substituents is 1. The van der Waals surface area contributed by atoms with Gasteiger partial charge >= 0.3 is 11.6 Å². The van der Waals surface area contributed by atoms with Crippen LogP contribution in [0.25, 0.3) is 11.0 Å². The molecule has 28 heavy (non-hydrogen) atoms. The van der Waals surface area contributed by atoms with Gasteiger partial charge in [0, 0.05) is 35.2 Å². The molecule has 0 aliphatic carbocycles. The van der Waals surface area contributed by atoms with Crippen molar-refractivity contribution in [1.82, 2.24) is 0 Å². The second kappa shape index (κ2) is 8.21. The predicted molar refractivity (Wildman–Crippen MR) is 97.4 cm³/mol. The average Bonchev–Trinajstić information content (AvgIpc) is 2.69. The second-order valence-corrected chi connectivity index (χ2v) is 5.66. The highest BCUT2D eigenvalue weighted by Crippen LogP contribution is 2.25. The van der Waals surface area contributed by atoms with Crippen LogP contribution in [0.1, 0.15) is 5.56 Å². The number of methoxy groups -OCH3 is 1. The molecular formula is C19H15NO8. The molecule has 144 valence electrons. The van der Waals surface area contributed by atoms with Gasteiger partial charge in [-0.1, -0.05) is 0 Å². The fourth-order valence-corrected chi connectivity index (χ4v) is 2.46. The highest BCUT2D eigenvalue weighted by molar-refractivity contribution is 5.78. The number of nitro groups is 1. The molecule has 0 amide bonds. The average molecular weight is 385 g/mol. The Hall–Kier alpha value is -3.88. The van der Waals surface area contributed by atoms with Gasteiger partial charge in [-0.05, 0) is 24.3 Å². The van der Waals surface area contributed by atoms with E-state index in [1.807, 2.05) is 0 Å². The van der Waals surface area contributed by atoms with Gasteiger partial charge in [0.2, 0.25) is 0 Å². The minimum Gasteiger partial charge on any atom is -0.496 e. The number of hydrogen-bond donors (Lipinski definition) is 0. The molecule has 3 rings (SSSR count). The molecule has 0 atom stereocenters. The third kappa shape index (κ3) is 4.44. The standard InChI is InChI=1S/C19H15NO8/c1-25-16-6-4-14(20(23)24)8-13(16)10-27-19(22)11-26-15-5-2-12-3-7-18(21)28-17(12)9-15/h2-9H,10-11H2,1H3. The molecule has 1 heterocycles. The van der Waals surface area contributed by atoms with E-state index >= 15 is 0 Å². The molecule has 0 N–H and O–H groups in total. The highest BCUT2D eigenvalue weighted by Gasteiger charge is 2.14. The lowest BCUT2D eigenvalue weighted by Crippen LogP contribution is -2.15. The summed E-state index contributed by atoms with van der Waals surface area (Å²) in [5.41, 5.74) is 0.0629. The second-order valence-electron chi connectivity index (χ2n) is 5.66. The first-order valence-electron chi connectivity index (χ1n) is 8.10. The van der Waals surface area contributed by atoms with Crippen molar-refractivity contribution in [3.63, 3.8) is 0 Å². The van der Waals surface area contributed by atoms with Gasteiger partial charge in [-0.3, -0.25) is 10.1 Å². The van der Waals surface area contributed by atoms with E-state index in [0.29, 0.717) is 28.0 Å². The minimum atomic E-state index is -0.678. The molecule has 2 aromatic carbocycles. The number of esters is 1. The predicted octanol–water partition coefficient (Wildman–Crippen LogP) is 2.83. The zero-order chi connectivity index (χ0) is 20.1. The van der Waals surface area contributed by atoms with Crippen molar-refractivity contribution in [3.05, 3.63) is 74.6 Å². The van der Waals surface area contributed by atoms with Crippen LogP contribution < -0.4 is 15.1 Å². The fourth-order valence-electron chi connectivity index (χ4n) is 2.46. The molecule has 0 saturated heterocycles. The van der Waals surface area contributed by atoms with Crippen LogP contribution in [-0.2, 0) is 16.1 Å². The summed E-state index contributed by atoms with van der Waals surface area (Å²) in [5, 5.41) is 11.6. The molecule has 3 aromatic rings. The van der Waals surface area contributed by atoms with E-state index < -0.39 is 16.5 Å². The van der Waals surface area contributed by atoms with Crippen molar-refractivity contribution < 1.29 is 28.3 Å². The Balaban J connectivity index is 1.61. The summed E-state index contributed by atoms with van der Waals surface area (Å²) in [5.74, 6) is 0.0128. The summed E-state index contributed by atoms with van der Waals surface area (Å²) in [6, 6.07) is 11.7. The lowest BCUT2D eigenvalue weighted by atomic mass is 10.2. The van der Waals surface area contributed by atoms with Crippen molar-refractivity contribution in [1.29, 1.82) is 0 Å². The molecule has 1 aromatic heterocycles. The normalized spacial score (nSPS) is 10.5. The van der Waals surface area contributed by atoms with Crippen LogP contribution in [-0.4, -0.2) is 24.6 Å². The molecule has 0 radical (unpaired) electrons. The van der Waals surface area contributed by atoms with Crippen LogP contribution in [0.2, 0.25) is 0 Å². The van der Waals surface area contributed by atoms with E-state index in [-0.39, 0.29) is 18.9 Å². The molecule has 9 nitrogen and oxygen atoms in total. The zero-order valence-corrected chi connectivity index (χ0v) is 14.7. The van der Waals surface area contributed by atoms with Crippen LogP contribution in [0.4, 0.5) is 5.69 Å². The molecule has 0 saturated carbocycles. The third-order valence-corrected chi connectivity index (χ3v) is 3.81. The van der Waals surface area contributed by atoms with Crippen molar-refractivity contribution in [2.24, 2.45) is 0 Å². The Kier molecular flexibility index (Phi) is 5.54. The molecular weight excluding hydrogens is 370 g/mol. The number of carbonyl (C=O) groups is 1. The molecule has 9 heteroatoms. The summed E-state index contributed by atoms with van der Waals surface area (Å²) < 4.78 is 20.6. The van der Waals surface area contributed by atoms with Crippen LogP contribution >= 0.6 is 0 Å². The summed E-state index contributed by atoms with van der Waals surface area (Å²) >= 11 is 0. The largest absolute Gasteiger partial charge is 0.496 e. The van der Waals surface area contributed by atoms with E-state index in [0.717, 1.165) is 0 Å². The maximum atomic E-state index is 11.9. The van der Waals surface area contributed by atoms with Crippen LogP contribution in [0, 0.1) is 10.1 Å². The maximum Gasteiger partial charge on any atom is 0.344 e. The summed E-state index contributed by atoms with van der Waals surface area (Å²) in [6.45, 7) is -0.598. The number of hydrogen-bond acceptors (Lipinski definition) is 8. The van der Waals surface area contributed by atoms with Gasteiger partial charge in [0.25, 0.3) is 5.69 Å². The first-order valence-corrected chi connectivity index (χ1v) is 8.10. The minimum absolute atomic E-state index is 0.138. The van der Waals surface area contributed by atoms with Crippen molar-refractivity contribution in [2.75, 3.05) is 13.7 Å². The Morgan fingerprint density at radius 3 is 2.68 bits per heavy atom. The topological polar surface area (TPSA) is 118 Å². The molecule has 0 aliphatic heterocycles. The number of carbonyl (C=O) groups excluding carboxylic acids is 1. The Morgan fingerprint density at radius 1 is 1.14 bits per heavy atom. The maximum absolute atomic E-state index is 11.9. The van der Waals surface area contributed by atoms with E-state index in [4.69, 9.17) is 18.6 Å². The van der Waals surface area contributed by atoms with E-state index in [1.165, 1.54) is 37.4 Å². The van der Waals surface area contributed by atoms with E-state index in [2.05, 4.69) is 0 Å². The number of nitrogens with zero attached hydrogens (tertiary/aromatic N) is 1. The summed E-state index contributed by atoms with van der Waals surface area (Å²) in [7, 11) is 1.41. The first kappa shape index (κ1) is 18.9. The summed E-state index contributed by atoms with van der Waals surface area (Å²) in [6.07, 6.45) is 0. The van der Waals surface area contributed by atoms with Crippen molar-refractivity contribution in [3.8, 4) is 11.5 Å². The van der Waals surface area contributed by atoms with E-state index in [9.17, 15) is 19.7 Å². The molecule has 0 unspecified atom stereocenters. The number of ether oxygens (including phenoxy) is 3. The van der Waals surface area contributed by atoms with Gasteiger partial charge in [-0.2, -0.15) is 0 Å². The monoisotopic (exact) mass is 385 g/mol. The van der Waals surface area contributed by atoms with Gasteiger partial charge in [-0.25, -0.2) is 9.59 Å². The van der Waals surface area contributed by atoms with Crippen molar-refractivity contribution >= 4 is 22.6 Å². The van der Waals surface area contributed by atoms with Crippen LogP contribution in [0.5, 0.6) is 11.5 Å². The number of nitro benzene ring substituents is 1. The quantitative estimate of drug-likeness (QED) is 0.264.